The van der Waals surface area contributed by atoms with Crippen molar-refractivity contribution >= 4 is 35.1 Å². The smallest absolute Gasteiger partial charge is 0.314 e. The summed E-state index contributed by atoms with van der Waals surface area (Å²) in [6.07, 6.45) is 2.62. The molecule has 2 aromatic rings. The average molecular weight is 393 g/mol. The molecule has 4 nitrogen and oxygen atoms in total. The van der Waals surface area contributed by atoms with Crippen LogP contribution in [0.15, 0.2) is 48.5 Å². The Kier molecular flexibility index (Phi) is 6.17. The highest BCUT2D eigenvalue weighted by Crippen LogP contribution is 2.32. The maximum absolute atomic E-state index is 12.4. The van der Waals surface area contributed by atoms with Gasteiger partial charge in [0.25, 0.3) is 0 Å². The van der Waals surface area contributed by atoms with E-state index in [2.05, 4.69) is 0 Å². The van der Waals surface area contributed by atoms with Gasteiger partial charge in [-0.2, -0.15) is 0 Å². The first-order valence-electron chi connectivity index (χ1n) is 8.46. The van der Waals surface area contributed by atoms with Crippen LogP contribution in [0.25, 0.3) is 0 Å². The maximum atomic E-state index is 12.4. The predicted octanol–water partition coefficient (Wildman–Crippen LogP) is 5.31. The SMILES string of the molecule is O=C(Oc1ccc(Cl)cc1)[C@H]1CCC[C@H](C(=O)Oc2ccc(Cl)cc2)C1. The molecule has 0 unspecified atom stereocenters. The van der Waals surface area contributed by atoms with Crippen LogP contribution in [0.2, 0.25) is 10.0 Å². The number of halogens is 2. The van der Waals surface area contributed by atoms with Crippen LogP contribution in [-0.2, 0) is 9.59 Å². The molecule has 0 radical (unpaired) electrons. The van der Waals surface area contributed by atoms with Gasteiger partial charge >= 0.3 is 11.9 Å². The van der Waals surface area contributed by atoms with Gasteiger partial charge in [0.2, 0.25) is 0 Å². The molecule has 0 amide bonds. The molecule has 1 aliphatic carbocycles. The number of carbonyl (C=O) groups is 2. The highest BCUT2D eigenvalue weighted by atomic mass is 35.5. The summed E-state index contributed by atoms with van der Waals surface area (Å²) in [6, 6.07) is 13.2. The van der Waals surface area contributed by atoms with E-state index < -0.39 is 0 Å². The molecule has 1 fully saturated rings. The molecule has 1 saturated carbocycles. The quantitative estimate of drug-likeness (QED) is 0.522. The maximum Gasteiger partial charge on any atom is 0.314 e. The molecule has 0 aromatic heterocycles. The van der Waals surface area contributed by atoms with Crippen LogP contribution in [0.5, 0.6) is 11.5 Å². The van der Waals surface area contributed by atoms with Crippen LogP contribution in [0.4, 0.5) is 0 Å². The Hall–Kier alpha value is -2.04. The van der Waals surface area contributed by atoms with Gasteiger partial charge in [-0.25, -0.2) is 0 Å². The van der Waals surface area contributed by atoms with Crippen LogP contribution in [0, 0.1) is 11.8 Å². The van der Waals surface area contributed by atoms with E-state index in [1.807, 2.05) is 0 Å². The van der Waals surface area contributed by atoms with E-state index in [1.54, 1.807) is 48.5 Å². The standard InChI is InChI=1S/C20H18Cl2O4/c21-15-4-8-17(9-5-15)25-19(23)13-2-1-3-14(12-13)20(24)26-18-10-6-16(22)7-11-18/h4-11,13-14H,1-3,12H2/t13-,14-/m0/s1. The zero-order chi connectivity index (χ0) is 18.5. The molecule has 2 atom stereocenters. The highest BCUT2D eigenvalue weighted by Gasteiger charge is 2.33. The molecule has 3 rings (SSSR count). The molecule has 1 aliphatic rings. The number of carbonyl (C=O) groups excluding carboxylic acids is 2. The van der Waals surface area contributed by atoms with Crippen molar-refractivity contribution in [1.29, 1.82) is 0 Å². The summed E-state index contributed by atoms with van der Waals surface area (Å²) >= 11 is 11.7. The van der Waals surface area contributed by atoms with Crippen molar-refractivity contribution in [2.75, 3.05) is 0 Å². The molecule has 0 spiro atoms. The summed E-state index contributed by atoms with van der Waals surface area (Å²) in [5.74, 6) is -0.382. The Labute approximate surface area is 162 Å². The lowest BCUT2D eigenvalue weighted by atomic mass is 9.81. The Morgan fingerprint density at radius 3 is 1.50 bits per heavy atom. The molecule has 26 heavy (non-hydrogen) atoms. The van der Waals surface area contributed by atoms with E-state index in [4.69, 9.17) is 32.7 Å². The number of hydrogen-bond acceptors (Lipinski definition) is 4. The van der Waals surface area contributed by atoms with E-state index in [0.717, 1.165) is 6.42 Å². The summed E-state index contributed by atoms with van der Waals surface area (Å²) in [6.45, 7) is 0. The average Bonchev–Trinajstić information content (AvgIpc) is 2.65. The summed E-state index contributed by atoms with van der Waals surface area (Å²) in [5.41, 5.74) is 0. The third-order valence-corrected chi connectivity index (χ3v) is 4.91. The zero-order valence-corrected chi connectivity index (χ0v) is 15.5. The molecule has 0 aliphatic heterocycles. The number of benzene rings is 2. The fraction of sp³-hybridized carbons (Fsp3) is 0.300. The Morgan fingerprint density at radius 1 is 0.731 bits per heavy atom. The largest absolute Gasteiger partial charge is 0.426 e. The molecule has 2 aromatic carbocycles. The predicted molar refractivity (Wildman–Crippen MR) is 99.6 cm³/mol. The first kappa shape index (κ1) is 18.7. The Bertz CT molecular complexity index is 706. The van der Waals surface area contributed by atoms with Crippen molar-refractivity contribution < 1.29 is 19.1 Å². The van der Waals surface area contributed by atoms with E-state index in [9.17, 15) is 9.59 Å². The molecule has 136 valence electrons. The van der Waals surface area contributed by atoms with E-state index >= 15 is 0 Å². The molecule has 6 heteroatoms. The normalized spacial score (nSPS) is 19.6. The number of rotatable bonds is 4. The third kappa shape index (κ3) is 4.99. The lowest BCUT2D eigenvalue weighted by molar-refractivity contribution is -0.144. The first-order valence-corrected chi connectivity index (χ1v) is 9.21. The van der Waals surface area contributed by atoms with Crippen LogP contribution in [-0.4, -0.2) is 11.9 Å². The second kappa shape index (κ2) is 8.56. The minimum absolute atomic E-state index is 0.317. The van der Waals surface area contributed by atoms with Gasteiger partial charge in [-0.15, -0.1) is 0 Å². The van der Waals surface area contributed by atoms with Crippen LogP contribution in [0.1, 0.15) is 25.7 Å². The van der Waals surface area contributed by atoms with Gasteiger partial charge in [0.1, 0.15) is 11.5 Å². The second-order valence-corrected chi connectivity index (χ2v) is 7.18. The van der Waals surface area contributed by atoms with Gasteiger partial charge < -0.3 is 9.47 Å². The molecule has 0 N–H and O–H groups in total. The fourth-order valence-corrected chi connectivity index (χ4v) is 3.27. The number of hydrogen-bond donors (Lipinski definition) is 0. The minimum atomic E-state index is -0.323. The number of esters is 2. The lowest BCUT2D eigenvalue weighted by Crippen LogP contribution is -2.31. The Balaban J connectivity index is 1.57. The van der Waals surface area contributed by atoms with Crippen molar-refractivity contribution in [2.45, 2.75) is 25.7 Å². The number of ether oxygens (including phenoxy) is 2. The van der Waals surface area contributed by atoms with Crippen molar-refractivity contribution in [1.82, 2.24) is 0 Å². The molecular weight excluding hydrogens is 375 g/mol. The summed E-state index contributed by atoms with van der Waals surface area (Å²) < 4.78 is 10.8. The van der Waals surface area contributed by atoms with Crippen LogP contribution in [0.3, 0.4) is 0 Å². The van der Waals surface area contributed by atoms with Gasteiger partial charge in [-0.1, -0.05) is 29.6 Å². The summed E-state index contributed by atoms with van der Waals surface area (Å²) in [4.78, 5) is 24.8. The van der Waals surface area contributed by atoms with Gasteiger partial charge in [0, 0.05) is 10.0 Å². The topological polar surface area (TPSA) is 52.6 Å². The van der Waals surface area contributed by atoms with E-state index in [-0.39, 0.29) is 23.8 Å². The zero-order valence-electron chi connectivity index (χ0n) is 14.0. The first-order chi connectivity index (χ1) is 12.5. The lowest BCUT2D eigenvalue weighted by Gasteiger charge is -2.26. The van der Waals surface area contributed by atoms with Crippen molar-refractivity contribution in [2.24, 2.45) is 11.8 Å². The van der Waals surface area contributed by atoms with E-state index in [0.29, 0.717) is 40.8 Å². The van der Waals surface area contributed by atoms with Crippen LogP contribution < -0.4 is 9.47 Å². The van der Waals surface area contributed by atoms with Crippen LogP contribution >= 0.6 is 23.2 Å². The van der Waals surface area contributed by atoms with Crippen molar-refractivity contribution in [3.8, 4) is 11.5 Å². The monoisotopic (exact) mass is 392 g/mol. The van der Waals surface area contributed by atoms with Gasteiger partial charge in [-0.3, -0.25) is 9.59 Å². The van der Waals surface area contributed by atoms with Crippen molar-refractivity contribution in [3.63, 3.8) is 0 Å². The molecule has 0 heterocycles. The molecule has 0 saturated heterocycles. The summed E-state index contributed by atoms with van der Waals surface area (Å²) in [7, 11) is 0. The van der Waals surface area contributed by atoms with Gasteiger partial charge in [-0.05, 0) is 67.8 Å². The third-order valence-electron chi connectivity index (χ3n) is 4.41. The van der Waals surface area contributed by atoms with E-state index in [1.165, 1.54) is 0 Å². The minimum Gasteiger partial charge on any atom is -0.426 e. The fourth-order valence-electron chi connectivity index (χ4n) is 3.02. The second-order valence-electron chi connectivity index (χ2n) is 6.31. The van der Waals surface area contributed by atoms with Gasteiger partial charge in [0.05, 0.1) is 11.8 Å². The van der Waals surface area contributed by atoms with Crippen molar-refractivity contribution in [3.05, 3.63) is 58.6 Å². The molecule has 0 bridgehead atoms. The summed E-state index contributed by atoms with van der Waals surface area (Å²) in [5, 5.41) is 1.15. The Morgan fingerprint density at radius 2 is 1.12 bits per heavy atom. The highest BCUT2D eigenvalue weighted by molar-refractivity contribution is 6.30. The van der Waals surface area contributed by atoms with Gasteiger partial charge in [0.15, 0.2) is 0 Å². The molecular formula is C20H18Cl2O4.